The third-order valence-electron chi connectivity index (χ3n) is 10.1. The number of anilines is 1. The fourth-order valence-electron chi connectivity index (χ4n) is 8.14. The van der Waals surface area contributed by atoms with Gasteiger partial charge in [0.25, 0.3) is 0 Å². The topological polar surface area (TPSA) is 73.8 Å². The molecule has 2 atom stereocenters. The van der Waals surface area contributed by atoms with Crippen LogP contribution in [-0.2, 0) is 0 Å². The number of phenols is 1. The molecule has 4 aliphatic heterocycles. The zero-order valence-corrected chi connectivity index (χ0v) is 23.8. The average molecular weight is 572 g/mol. The van der Waals surface area contributed by atoms with Crippen LogP contribution in [0.3, 0.4) is 0 Å². The molecule has 4 fully saturated rings. The van der Waals surface area contributed by atoms with Crippen LogP contribution < -0.4 is 15.0 Å². The van der Waals surface area contributed by atoms with Gasteiger partial charge in [-0.3, -0.25) is 4.90 Å². The van der Waals surface area contributed by atoms with Gasteiger partial charge in [0.05, 0.1) is 11.1 Å². The number of aryl methyl sites for hydroxylation is 1. The molecule has 9 heteroatoms. The quantitative estimate of drug-likeness (QED) is 0.319. The van der Waals surface area contributed by atoms with E-state index in [4.69, 9.17) is 9.72 Å². The maximum atomic E-state index is 16.7. The molecule has 0 saturated carbocycles. The fraction of sp³-hybridized carbons (Fsp3) is 0.455. The molecule has 1 aromatic heterocycles. The van der Waals surface area contributed by atoms with Crippen LogP contribution in [0.4, 0.5) is 14.6 Å². The van der Waals surface area contributed by atoms with Crippen LogP contribution in [0.1, 0.15) is 44.1 Å². The van der Waals surface area contributed by atoms with Crippen molar-refractivity contribution in [2.45, 2.75) is 63.1 Å². The molecular formula is C33H35F2N5O2. The maximum Gasteiger partial charge on any atom is 0.319 e. The van der Waals surface area contributed by atoms with Gasteiger partial charge in [-0.2, -0.15) is 9.97 Å². The largest absolute Gasteiger partial charge is 0.508 e. The van der Waals surface area contributed by atoms with Crippen LogP contribution in [0.15, 0.2) is 36.4 Å². The number of hydrogen-bond donors (Lipinski definition) is 2. The second kappa shape index (κ2) is 9.74. The maximum absolute atomic E-state index is 16.7. The Morgan fingerprint density at radius 3 is 2.57 bits per heavy atom. The minimum absolute atomic E-state index is 0.0167. The van der Waals surface area contributed by atoms with E-state index in [0.717, 1.165) is 57.2 Å². The molecule has 0 radical (unpaired) electrons. The van der Waals surface area contributed by atoms with E-state index in [1.165, 1.54) is 12.1 Å². The monoisotopic (exact) mass is 571 g/mol. The highest BCUT2D eigenvalue weighted by molar-refractivity contribution is 6.03. The number of nitrogens with one attached hydrogen (secondary N) is 1. The van der Waals surface area contributed by atoms with Gasteiger partial charge in [-0.15, -0.1) is 0 Å². The summed E-state index contributed by atoms with van der Waals surface area (Å²) in [5, 5.41) is 15.9. The Kier molecular flexibility index (Phi) is 6.05. The van der Waals surface area contributed by atoms with Gasteiger partial charge in [-0.05, 0) is 98.6 Å². The van der Waals surface area contributed by atoms with Gasteiger partial charge < -0.3 is 20.1 Å². The number of benzene rings is 3. The Morgan fingerprint density at radius 2 is 1.81 bits per heavy atom. The zero-order chi connectivity index (χ0) is 28.6. The van der Waals surface area contributed by atoms with Gasteiger partial charge in [-0.1, -0.05) is 18.2 Å². The first kappa shape index (κ1) is 26.1. The number of halogens is 2. The van der Waals surface area contributed by atoms with Gasteiger partial charge >= 0.3 is 6.01 Å². The number of aromatic nitrogens is 2. The molecular weight excluding hydrogens is 536 g/mol. The van der Waals surface area contributed by atoms with Crippen molar-refractivity contribution in [2.75, 3.05) is 37.7 Å². The summed E-state index contributed by atoms with van der Waals surface area (Å²) in [7, 11) is 0. The zero-order valence-electron chi connectivity index (χ0n) is 23.8. The lowest BCUT2D eigenvalue weighted by atomic mass is 9.93. The van der Waals surface area contributed by atoms with E-state index < -0.39 is 11.6 Å². The molecule has 7 nitrogen and oxygen atoms in total. The average Bonchev–Trinajstić information content (AvgIpc) is 3.65. The van der Waals surface area contributed by atoms with Crippen molar-refractivity contribution < 1.29 is 18.6 Å². The van der Waals surface area contributed by atoms with Crippen LogP contribution in [0.2, 0.25) is 0 Å². The van der Waals surface area contributed by atoms with Crippen molar-refractivity contribution in [3.8, 4) is 22.9 Å². The molecule has 0 aliphatic carbocycles. The molecule has 5 heterocycles. The van der Waals surface area contributed by atoms with Gasteiger partial charge in [0.1, 0.15) is 29.5 Å². The third kappa shape index (κ3) is 4.12. The van der Waals surface area contributed by atoms with E-state index in [1.54, 1.807) is 6.07 Å². The minimum atomic E-state index is -0.770. The number of hydrogen-bond acceptors (Lipinski definition) is 7. The van der Waals surface area contributed by atoms with E-state index in [0.29, 0.717) is 59.3 Å². The number of phenolic OH excluding ortho intramolecular Hbond substituents is 1. The summed E-state index contributed by atoms with van der Waals surface area (Å²) in [5.41, 5.74) is 0.979. The van der Waals surface area contributed by atoms with Crippen LogP contribution in [0.25, 0.3) is 32.8 Å². The Morgan fingerprint density at radius 1 is 1.05 bits per heavy atom. The highest BCUT2D eigenvalue weighted by atomic mass is 19.1. The van der Waals surface area contributed by atoms with Crippen molar-refractivity contribution in [3.63, 3.8) is 0 Å². The van der Waals surface area contributed by atoms with Crippen molar-refractivity contribution in [1.82, 2.24) is 20.2 Å². The summed E-state index contributed by atoms with van der Waals surface area (Å²) in [6.45, 7) is 5.93. The lowest BCUT2D eigenvalue weighted by molar-refractivity contribution is 0.108. The van der Waals surface area contributed by atoms with E-state index in [9.17, 15) is 5.11 Å². The lowest BCUT2D eigenvalue weighted by Gasteiger charge is -2.34. The van der Waals surface area contributed by atoms with Crippen LogP contribution in [-0.4, -0.2) is 70.4 Å². The summed E-state index contributed by atoms with van der Waals surface area (Å²) in [6.07, 6.45) is 6.58. The summed E-state index contributed by atoms with van der Waals surface area (Å²) in [4.78, 5) is 14.1. The lowest BCUT2D eigenvalue weighted by Crippen LogP contribution is -2.51. The van der Waals surface area contributed by atoms with Crippen molar-refractivity contribution in [3.05, 3.63) is 53.6 Å². The van der Waals surface area contributed by atoms with Crippen molar-refractivity contribution in [1.29, 1.82) is 0 Å². The van der Waals surface area contributed by atoms with Gasteiger partial charge in [0, 0.05) is 30.6 Å². The van der Waals surface area contributed by atoms with E-state index >= 15 is 8.78 Å². The number of fused-ring (bicyclic) bond motifs is 5. The second-order valence-electron chi connectivity index (χ2n) is 12.7. The predicted octanol–water partition coefficient (Wildman–Crippen LogP) is 5.69. The van der Waals surface area contributed by atoms with Crippen LogP contribution in [0, 0.1) is 18.6 Å². The first-order chi connectivity index (χ1) is 20.4. The minimum Gasteiger partial charge on any atom is -0.508 e. The summed E-state index contributed by atoms with van der Waals surface area (Å²) in [5.74, 6) is -1.02. The number of ether oxygens (including phenoxy) is 1. The third-order valence-corrected chi connectivity index (χ3v) is 10.1. The van der Waals surface area contributed by atoms with E-state index in [-0.39, 0.29) is 28.4 Å². The highest BCUT2D eigenvalue weighted by Gasteiger charge is 2.45. The molecule has 2 unspecified atom stereocenters. The van der Waals surface area contributed by atoms with Gasteiger partial charge in [0.2, 0.25) is 0 Å². The molecule has 8 rings (SSSR count). The summed E-state index contributed by atoms with van der Waals surface area (Å²) in [6, 6.07) is 10.8. The Bertz CT molecular complexity index is 1710. The normalized spacial score (nSPS) is 23.3. The van der Waals surface area contributed by atoms with Crippen LogP contribution >= 0.6 is 0 Å². The summed E-state index contributed by atoms with van der Waals surface area (Å²) < 4.78 is 39.2. The van der Waals surface area contributed by atoms with Gasteiger partial charge in [-0.25, -0.2) is 8.78 Å². The Hall–Kier alpha value is -3.56. The molecule has 2 N–H and O–H groups in total. The van der Waals surface area contributed by atoms with E-state index in [2.05, 4.69) is 20.1 Å². The smallest absolute Gasteiger partial charge is 0.319 e. The molecule has 0 spiro atoms. The van der Waals surface area contributed by atoms with Crippen molar-refractivity contribution >= 4 is 27.5 Å². The van der Waals surface area contributed by atoms with Gasteiger partial charge in [0.15, 0.2) is 5.82 Å². The molecule has 0 amide bonds. The molecule has 3 aromatic carbocycles. The molecule has 4 aliphatic rings. The van der Waals surface area contributed by atoms with Crippen molar-refractivity contribution in [2.24, 2.45) is 0 Å². The first-order valence-electron chi connectivity index (χ1n) is 15.2. The van der Waals surface area contributed by atoms with Crippen LogP contribution in [0.5, 0.6) is 11.8 Å². The Labute approximate surface area is 243 Å². The predicted molar refractivity (Wildman–Crippen MR) is 159 cm³/mol. The summed E-state index contributed by atoms with van der Waals surface area (Å²) >= 11 is 0. The second-order valence-corrected chi connectivity index (χ2v) is 12.7. The SMILES string of the molecule is Cc1cccc2cc(O)cc(-c3c(F)cc4c(N5CC6CCC(C5)N6)nc(OCC56CCCN5CCC6)nc4c3F)c12. The number of piperazine rings is 1. The molecule has 4 saturated heterocycles. The molecule has 4 aromatic rings. The fourth-order valence-corrected chi connectivity index (χ4v) is 8.14. The Balaban J connectivity index is 1.29. The number of rotatable bonds is 5. The number of nitrogens with zero attached hydrogens (tertiary/aromatic N) is 4. The molecule has 2 bridgehead atoms. The number of aromatic hydroxyl groups is 1. The first-order valence-corrected chi connectivity index (χ1v) is 15.2. The molecule has 42 heavy (non-hydrogen) atoms. The molecule has 218 valence electrons. The standard InChI is InChI=1S/C33H35F2N5O2/c1-19-5-2-6-20-13-23(41)14-24(27(19)20)28-26(34)15-25-30(29(28)35)37-32(42-18-33-9-3-11-40(33)12-4-10-33)38-31(25)39-16-21-7-8-22(17-39)36-21/h2,5-6,13-15,21-22,36,41H,3-4,7-12,16-18H2,1H3. The van der Waals surface area contributed by atoms with E-state index in [1.807, 2.05) is 25.1 Å². The highest BCUT2D eigenvalue weighted by Crippen LogP contribution is 2.42.